The molecule has 0 radical (unpaired) electrons. The Labute approximate surface area is 234 Å². The maximum Gasteiger partial charge on any atom is 0.254 e. The lowest BCUT2D eigenvalue weighted by Gasteiger charge is -2.45. The molecule has 1 saturated heterocycles. The van der Waals surface area contributed by atoms with Gasteiger partial charge in [-0.15, -0.1) is 0 Å². The summed E-state index contributed by atoms with van der Waals surface area (Å²) in [5.74, 6) is 1.42. The first-order valence-corrected chi connectivity index (χ1v) is 15.0. The number of carbonyl (C=O) groups is 1. The average molecular weight is 534 g/mol. The number of fused-ring (bicyclic) bond motifs is 1. The summed E-state index contributed by atoms with van der Waals surface area (Å²) in [4.78, 5) is 15.1. The Bertz CT molecular complexity index is 1140. The summed E-state index contributed by atoms with van der Waals surface area (Å²) >= 11 is 0. The predicted molar refractivity (Wildman–Crippen MR) is 155 cm³/mol. The summed E-state index contributed by atoms with van der Waals surface area (Å²) in [6.07, 6.45) is 11.4. The van der Waals surface area contributed by atoms with E-state index in [1.165, 1.54) is 31.3 Å². The number of carbonyl (C=O) groups excluding carboxylic acids is 1. The second kappa shape index (κ2) is 11.0. The lowest BCUT2D eigenvalue weighted by Crippen LogP contribution is -2.40. The molecule has 212 valence electrons. The van der Waals surface area contributed by atoms with E-state index in [1.807, 2.05) is 23.1 Å². The van der Waals surface area contributed by atoms with Crippen LogP contribution in [0, 0.1) is 23.2 Å². The first-order valence-electron chi connectivity index (χ1n) is 15.0. The number of benzene rings is 1. The monoisotopic (exact) mass is 533 g/mol. The van der Waals surface area contributed by atoms with Crippen LogP contribution < -0.4 is 0 Å². The highest BCUT2D eigenvalue weighted by atomic mass is 16.3. The fraction of sp³-hybridized carbons (Fsp3) is 0.618. The molecule has 3 saturated carbocycles. The van der Waals surface area contributed by atoms with E-state index in [1.54, 1.807) is 6.92 Å². The van der Waals surface area contributed by atoms with Gasteiger partial charge in [-0.05, 0) is 91.7 Å². The molecule has 0 aromatic heterocycles. The molecule has 4 aliphatic rings. The Morgan fingerprint density at radius 2 is 1.90 bits per heavy atom. The number of nitrogens with zero attached hydrogens (tertiary/aromatic N) is 1. The van der Waals surface area contributed by atoms with Crippen molar-refractivity contribution in [3.05, 3.63) is 71.3 Å². The number of aliphatic hydroxyl groups is 3. The highest BCUT2D eigenvalue weighted by molar-refractivity contribution is 5.87. The summed E-state index contributed by atoms with van der Waals surface area (Å²) in [5, 5.41) is 31.3. The van der Waals surface area contributed by atoms with Gasteiger partial charge in [0.15, 0.2) is 0 Å². The van der Waals surface area contributed by atoms with Crippen molar-refractivity contribution < 1.29 is 20.1 Å². The smallest absolute Gasteiger partial charge is 0.254 e. The molecule has 1 amide bonds. The van der Waals surface area contributed by atoms with Crippen molar-refractivity contribution in [3.8, 4) is 0 Å². The summed E-state index contributed by atoms with van der Waals surface area (Å²) < 4.78 is 0. The number of aliphatic hydroxyl groups excluding tert-OH is 2. The zero-order valence-corrected chi connectivity index (χ0v) is 24.0. The minimum absolute atomic E-state index is 0.0452. The van der Waals surface area contributed by atoms with Crippen LogP contribution in [-0.2, 0) is 11.3 Å². The van der Waals surface area contributed by atoms with Crippen LogP contribution in [0.4, 0.5) is 0 Å². The van der Waals surface area contributed by atoms with E-state index in [2.05, 4.69) is 44.7 Å². The maximum atomic E-state index is 13.2. The molecule has 4 fully saturated rings. The molecule has 1 heterocycles. The third-order valence-corrected chi connectivity index (χ3v) is 10.6. The Kier molecular flexibility index (Phi) is 7.98. The number of rotatable bonds is 6. The summed E-state index contributed by atoms with van der Waals surface area (Å²) in [6.45, 7) is 11.2. The van der Waals surface area contributed by atoms with E-state index in [4.69, 9.17) is 0 Å². The number of likely N-dealkylation sites (tertiary alicyclic amines) is 1. The normalized spacial score (nSPS) is 39.9. The molecule has 1 aromatic carbocycles. The molecule has 0 unspecified atom stereocenters. The SMILES string of the molecule is C=C1/C(=C\C=C2/CCC[C@]3(C)[C@@H]([C@H](C)C[C@@H]4C[C@@](C)(O)C(=O)N4Cc4ccccc4)CC[C@@H]23)C[C@@H](O)C[C@@H]1O. The van der Waals surface area contributed by atoms with Crippen LogP contribution in [0.2, 0.25) is 0 Å². The largest absolute Gasteiger partial charge is 0.393 e. The Morgan fingerprint density at radius 1 is 1.15 bits per heavy atom. The zero-order chi connectivity index (χ0) is 27.9. The summed E-state index contributed by atoms with van der Waals surface area (Å²) in [6, 6.07) is 10.2. The lowest BCUT2D eigenvalue weighted by atomic mass is 9.60. The van der Waals surface area contributed by atoms with Crippen LogP contribution >= 0.6 is 0 Å². The van der Waals surface area contributed by atoms with Crippen molar-refractivity contribution in [2.45, 2.75) is 109 Å². The summed E-state index contributed by atoms with van der Waals surface area (Å²) in [7, 11) is 0. The van der Waals surface area contributed by atoms with Gasteiger partial charge in [-0.2, -0.15) is 0 Å². The van der Waals surface area contributed by atoms with Gasteiger partial charge in [-0.25, -0.2) is 0 Å². The molecule has 0 bridgehead atoms. The predicted octanol–water partition coefficient (Wildman–Crippen LogP) is 5.71. The minimum atomic E-state index is -1.29. The molecule has 1 aliphatic heterocycles. The standard InChI is InChI=1S/C34H47NO4/c1-22(17-27-20-34(4,39)32(38)35(27)21-24-9-6-5-7-10-24)29-14-15-30-25(11-8-16-33(29,30)3)12-13-26-18-28(36)19-31(37)23(26)2/h5-7,9-10,12-13,22,27-31,36-37,39H,2,8,11,14-21H2,1,3-4H3/b25-12+,26-13-/t22-,27-,28-,29-,30+,31+,33-,34-/m1/s1. The molecule has 3 aliphatic carbocycles. The van der Waals surface area contributed by atoms with Gasteiger partial charge in [0.1, 0.15) is 5.60 Å². The number of hydrogen-bond donors (Lipinski definition) is 3. The third-order valence-electron chi connectivity index (χ3n) is 10.6. The molecule has 1 aromatic rings. The van der Waals surface area contributed by atoms with Crippen LogP contribution in [0.25, 0.3) is 0 Å². The van der Waals surface area contributed by atoms with Crippen LogP contribution in [-0.4, -0.2) is 50.0 Å². The average Bonchev–Trinajstić information content (AvgIpc) is 3.35. The topological polar surface area (TPSA) is 81.0 Å². The molecule has 5 nitrogen and oxygen atoms in total. The molecule has 8 atom stereocenters. The number of hydrogen-bond acceptors (Lipinski definition) is 4. The fourth-order valence-corrected chi connectivity index (χ4v) is 8.60. The molecule has 39 heavy (non-hydrogen) atoms. The van der Waals surface area contributed by atoms with E-state index in [0.717, 1.165) is 29.6 Å². The van der Waals surface area contributed by atoms with Crippen molar-refractivity contribution in [2.75, 3.05) is 0 Å². The van der Waals surface area contributed by atoms with Crippen LogP contribution in [0.3, 0.4) is 0 Å². The first-order chi connectivity index (χ1) is 18.5. The van der Waals surface area contributed by atoms with Crippen molar-refractivity contribution in [1.82, 2.24) is 4.90 Å². The van der Waals surface area contributed by atoms with Gasteiger partial charge in [0, 0.05) is 25.4 Å². The van der Waals surface area contributed by atoms with Gasteiger partial charge in [0.2, 0.25) is 0 Å². The quantitative estimate of drug-likeness (QED) is 0.438. The van der Waals surface area contributed by atoms with Crippen LogP contribution in [0.5, 0.6) is 0 Å². The van der Waals surface area contributed by atoms with E-state index in [9.17, 15) is 20.1 Å². The third kappa shape index (κ3) is 5.55. The van der Waals surface area contributed by atoms with E-state index in [0.29, 0.717) is 43.6 Å². The van der Waals surface area contributed by atoms with Crippen molar-refractivity contribution in [3.63, 3.8) is 0 Å². The van der Waals surface area contributed by atoms with Gasteiger partial charge < -0.3 is 20.2 Å². The molecule has 3 N–H and O–H groups in total. The van der Waals surface area contributed by atoms with Gasteiger partial charge in [0.25, 0.3) is 5.91 Å². The van der Waals surface area contributed by atoms with Gasteiger partial charge in [-0.1, -0.05) is 68.5 Å². The molecule has 5 heteroatoms. The molecule has 0 spiro atoms. The molecular formula is C34H47NO4. The Morgan fingerprint density at radius 3 is 2.64 bits per heavy atom. The van der Waals surface area contributed by atoms with E-state index < -0.39 is 17.8 Å². The maximum absolute atomic E-state index is 13.2. The molecular weight excluding hydrogens is 486 g/mol. The van der Waals surface area contributed by atoms with E-state index in [-0.39, 0.29) is 17.4 Å². The number of allylic oxidation sites excluding steroid dienone is 3. The zero-order valence-electron chi connectivity index (χ0n) is 24.0. The van der Waals surface area contributed by atoms with Crippen molar-refractivity contribution in [2.24, 2.45) is 23.2 Å². The second-order valence-corrected chi connectivity index (χ2v) is 13.4. The van der Waals surface area contributed by atoms with Crippen molar-refractivity contribution >= 4 is 5.91 Å². The highest BCUT2D eigenvalue weighted by Gasteiger charge is 2.53. The van der Waals surface area contributed by atoms with Gasteiger partial charge >= 0.3 is 0 Å². The Hall–Kier alpha value is -2.21. The second-order valence-electron chi connectivity index (χ2n) is 13.4. The highest BCUT2D eigenvalue weighted by Crippen LogP contribution is 2.60. The minimum Gasteiger partial charge on any atom is -0.393 e. The lowest BCUT2D eigenvalue weighted by molar-refractivity contribution is -0.142. The molecule has 5 rings (SSSR count). The van der Waals surface area contributed by atoms with Gasteiger partial charge in [0.05, 0.1) is 12.2 Å². The van der Waals surface area contributed by atoms with Gasteiger partial charge in [-0.3, -0.25) is 4.79 Å². The first kappa shape index (κ1) is 28.3. The summed E-state index contributed by atoms with van der Waals surface area (Å²) in [5.41, 5.74) is 3.25. The van der Waals surface area contributed by atoms with E-state index >= 15 is 0 Å². The Balaban J connectivity index is 1.31. The van der Waals surface area contributed by atoms with Crippen LogP contribution in [0.1, 0.15) is 84.1 Å². The van der Waals surface area contributed by atoms with Crippen molar-refractivity contribution in [1.29, 1.82) is 0 Å². The fourth-order valence-electron chi connectivity index (χ4n) is 8.60. The van der Waals surface area contributed by atoms with Crippen LogP contribution in [0.15, 0.2) is 65.8 Å². The number of amides is 1.